The van der Waals surface area contributed by atoms with Gasteiger partial charge in [-0.1, -0.05) is 18.6 Å². The molecule has 4 fully saturated rings. The number of allylic oxidation sites excluding steroid dienone is 1. The highest BCUT2D eigenvalue weighted by molar-refractivity contribution is 5.96. The Morgan fingerprint density at radius 2 is 1.45 bits per heavy atom. The molecule has 0 amide bonds. The van der Waals surface area contributed by atoms with Crippen molar-refractivity contribution < 1.29 is 72.3 Å². The number of ketones is 1. The van der Waals surface area contributed by atoms with Crippen LogP contribution in [0.2, 0.25) is 0 Å². The second kappa shape index (κ2) is 17.7. The van der Waals surface area contributed by atoms with Crippen LogP contribution in [0.5, 0.6) is 0 Å². The summed E-state index contributed by atoms with van der Waals surface area (Å²) in [6, 6.07) is 1.64. The Balaban J connectivity index is 1.04. The molecule has 55 heavy (non-hydrogen) atoms. The van der Waals surface area contributed by atoms with E-state index in [1.54, 1.807) is 33.9 Å². The number of rotatable bonds is 13. The van der Waals surface area contributed by atoms with Crippen LogP contribution in [0, 0.1) is 24.2 Å². The average molecular weight is 781 g/mol. The van der Waals surface area contributed by atoms with Crippen LogP contribution in [0.25, 0.3) is 0 Å². The molecule has 1 saturated carbocycles. The third-order valence-corrected chi connectivity index (χ3v) is 12.8. The van der Waals surface area contributed by atoms with Crippen molar-refractivity contribution >= 4 is 11.8 Å². The number of carbonyl (C=O) groups is 2. The van der Waals surface area contributed by atoms with Crippen molar-refractivity contribution in [1.29, 1.82) is 0 Å². The smallest absolute Gasteiger partial charge is 0.307 e. The van der Waals surface area contributed by atoms with E-state index in [1.165, 1.54) is 13.4 Å². The van der Waals surface area contributed by atoms with Gasteiger partial charge in [0.15, 0.2) is 24.7 Å². The third kappa shape index (κ3) is 9.07. The summed E-state index contributed by atoms with van der Waals surface area (Å²) in [5.74, 6) is -1.49. The van der Waals surface area contributed by atoms with Crippen LogP contribution in [0.15, 0.2) is 28.4 Å². The van der Waals surface area contributed by atoms with Gasteiger partial charge in [0.05, 0.1) is 66.6 Å². The molecule has 0 aromatic carbocycles. The monoisotopic (exact) mass is 780 g/mol. The number of aliphatic carboxylic acids is 1. The van der Waals surface area contributed by atoms with Crippen molar-refractivity contribution in [3.05, 3.63) is 35.3 Å². The number of carbonyl (C=O) groups excluding carboxylic acids is 1. The molecule has 15 heteroatoms. The lowest BCUT2D eigenvalue weighted by Crippen LogP contribution is -2.57. The largest absolute Gasteiger partial charge is 0.481 e. The fourth-order valence-electron chi connectivity index (χ4n) is 9.59. The van der Waals surface area contributed by atoms with Gasteiger partial charge in [0.25, 0.3) is 0 Å². The van der Waals surface area contributed by atoms with Crippen LogP contribution >= 0.6 is 0 Å². The number of furan rings is 1. The Morgan fingerprint density at radius 3 is 2.09 bits per heavy atom. The van der Waals surface area contributed by atoms with Gasteiger partial charge in [0.2, 0.25) is 0 Å². The Hall–Kier alpha value is -2.28. The van der Waals surface area contributed by atoms with E-state index in [0.717, 1.165) is 5.57 Å². The van der Waals surface area contributed by atoms with Crippen LogP contribution in [-0.2, 0) is 42.7 Å². The Bertz CT molecular complexity index is 1480. The van der Waals surface area contributed by atoms with Gasteiger partial charge >= 0.3 is 5.97 Å². The quantitative estimate of drug-likeness (QED) is 0.167. The molecule has 0 bridgehead atoms. The fourth-order valence-corrected chi connectivity index (χ4v) is 9.59. The summed E-state index contributed by atoms with van der Waals surface area (Å²) in [4.78, 5) is 25.5. The van der Waals surface area contributed by atoms with Gasteiger partial charge in [-0.3, -0.25) is 9.59 Å². The number of aliphatic hydroxyl groups excluding tert-OH is 3. The zero-order valence-electron chi connectivity index (χ0n) is 32.9. The van der Waals surface area contributed by atoms with Crippen LogP contribution in [-0.4, -0.2) is 132 Å². The normalized spacial score (nSPS) is 43.7. The van der Waals surface area contributed by atoms with E-state index in [0.29, 0.717) is 43.4 Å². The molecule has 17 atom stereocenters. The summed E-state index contributed by atoms with van der Waals surface area (Å²) in [6.07, 6.45) is -3.30. The fraction of sp³-hybridized carbons (Fsp3) is 0.800. The standard InChI is InChI=1S/C40H60O15/c1-19-24(12-13-49-19)27(41)11-10-26-25(39(45)46)9-8-23-14-30(29(43)18-40(23,26)5)53-34-17-32(48-7)38(22(4)52-34)55-33-15-28(42)37(21(3)51-33)54-35-16-31(47-6)36(44)20(2)50-35/h8,12-13,20-22,25-26,28-38,42-44H,9-11,14-18H2,1-7H3,(H,45,46). The van der Waals surface area contributed by atoms with Crippen LogP contribution in [0.1, 0.15) is 95.2 Å². The topological polar surface area (TPSA) is 202 Å². The predicted molar refractivity (Wildman–Crippen MR) is 193 cm³/mol. The van der Waals surface area contributed by atoms with Crippen molar-refractivity contribution in [2.45, 2.75) is 172 Å². The highest BCUT2D eigenvalue weighted by Crippen LogP contribution is 2.55. The summed E-state index contributed by atoms with van der Waals surface area (Å²) in [5, 5.41) is 43.1. The molecule has 1 aromatic heterocycles. The minimum absolute atomic E-state index is 0.0900. The number of carboxylic acid groups (broad SMARTS) is 1. The average Bonchev–Trinajstić information content (AvgIpc) is 3.57. The highest BCUT2D eigenvalue weighted by Gasteiger charge is 2.53. The minimum atomic E-state index is -0.920. The van der Waals surface area contributed by atoms with Crippen molar-refractivity contribution in [1.82, 2.24) is 0 Å². The number of methoxy groups -OCH3 is 2. The Labute approximate surface area is 322 Å². The first-order valence-electron chi connectivity index (χ1n) is 19.7. The minimum Gasteiger partial charge on any atom is -0.481 e. The second-order valence-corrected chi connectivity index (χ2v) is 16.3. The van der Waals surface area contributed by atoms with Crippen molar-refractivity contribution in [3.8, 4) is 0 Å². The zero-order chi connectivity index (χ0) is 39.8. The lowest BCUT2D eigenvalue weighted by molar-refractivity contribution is -0.338. The molecule has 0 spiro atoms. The second-order valence-electron chi connectivity index (χ2n) is 16.3. The van der Waals surface area contributed by atoms with E-state index in [-0.39, 0.29) is 31.0 Å². The maximum atomic E-state index is 13.0. The number of hydrogen-bond donors (Lipinski definition) is 4. The molecule has 4 heterocycles. The molecule has 3 aliphatic heterocycles. The van der Waals surface area contributed by atoms with Crippen molar-refractivity contribution in [3.63, 3.8) is 0 Å². The summed E-state index contributed by atoms with van der Waals surface area (Å²) in [5.41, 5.74) is 0.893. The summed E-state index contributed by atoms with van der Waals surface area (Å²) in [7, 11) is 3.11. The van der Waals surface area contributed by atoms with E-state index >= 15 is 0 Å². The van der Waals surface area contributed by atoms with Gasteiger partial charge in [0.1, 0.15) is 24.1 Å². The summed E-state index contributed by atoms with van der Waals surface area (Å²) >= 11 is 0. The Kier molecular flexibility index (Phi) is 13.6. The SMILES string of the molecule is COC1CC(OC2C(O)CC(OC3C(C)OC(OC4CC5=CCC(C(=O)O)C(CCC(=O)c6ccoc6C)C5(C)CC4O)CC3OC)OC2C)OC(C)C1O. The van der Waals surface area contributed by atoms with Gasteiger partial charge < -0.3 is 62.7 Å². The maximum Gasteiger partial charge on any atom is 0.307 e. The molecule has 310 valence electrons. The first kappa shape index (κ1) is 42.3. The molecule has 5 aliphatic rings. The van der Waals surface area contributed by atoms with E-state index in [1.807, 2.05) is 19.9 Å². The number of fused-ring (bicyclic) bond motifs is 1. The molecule has 2 aliphatic carbocycles. The number of ether oxygens (including phenoxy) is 8. The summed E-state index contributed by atoms with van der Waals surface area (Å²) in [6.45, 7) is 9.12. The highest BCUT2D eigenvalue weighted by atomic mass is 16.7. The summed E-state index contributed by atoms with van der Waals surface area (Å²) < 4.78 is 53.8. The lowest BCUT2D eigenvalue weighted by Gasteiger charge is -2.52. The van der Waals surface area contributed by atoms with E-state index in [4.69, 9.17) is 42.3 Å². The number of hydrogen-bond acceptors (Lipinski definition) is 14. The molecule has 15 nitrogen and oxygen atoms in total. The van der Waals surface area contributed by atoms with Crippen LogP contribution in [0.3, 0.4) is 0 Å². The molecular weight excluding hydrogens is 720 g/mol. The first-order valence-corrected chi connectivity index (χ1v) is 19.7. The van der Waals surface area contributed by atoms with Gasteiger partial charge in [0, 0.05) is 39.9 Å². The number of aryl methyl sites for hydroxylation is 1. The molecular formula is C40H60O15. The Morgan fingerprint density at radius 1 is 0.836 bits per heavy atom. The van der Waals surface area contributed by atoms with Crippen LogP contribution < -0.4 is 0 Å². The maximum absolute atomic E-state index is 13.0. The molecule has 1 aromatic rings. The van der Waals surface area contributed by atoms with Gasteiger partial charge in [-0.05, 0) is 70.8 Å². The predicted octanol–water partition coefficient (Wildman–Crippen LogP) is 3.67. The van der Waals surface area contributed by atoms with Gasteiger partial charge in [-0.25, -0.2) is 0 Å². The number of aliphatic hydroxyl groups is 3. The molecule has 6 rings (SSSR count). The van der Waals surface area contributed by atoms with E-state index < -0.39 is 103 Å². The third-order valence-electron chi connectivity index (χ3n) is 12.8. The molecule has 0 radical (unpaired) electrons. The van der Waals surface area contributed by atoms with Crippen LogP contribution in [0.4, 0.5) is 0 Å². The molecule has 4 N–H and O–H groups in total. The van der Waals surface area contributed by atoms with E-state index in [9.17, 15) is 30.0 Å². The van der Waals surface area contributed by atoms with Gasteiger partial charge in [-0.2, -0.15) is 0 Å². The molecule has 17 unspecified atom stereocenters. The molecule has 3 saturated heterocycles. The zero-order valence-corrected chi connectivity index (χ0v) is 32.9. The van der Waals surface area contributed by atoms with Crippen molar-refractivity contribution in [2.75, 3.05) is 14.2 Å². The first-order chi connectivity index (χ1) is 26.1. The lowest BCUT2D eigenvalue weighted by atomic mass is 9.55. The van der Waals surface area contributed by atoms with Gasteiger partial charge in [-0.15, -0.1) is 0 Å². The number of Topliss-reactive ketones (excluding diaryl/α,β-unsaturated/α-hetero) is 1. The van der Waals surface area contributed by atoms with Crippen molar-refractivity contribution in [2.24, 2.45) is 17.3 Å². The number of carboxylic acids is 1. The van der Waals surface area contributed by atoms with E-state index in [2.05, 4.69) is 0 Å².